The number of benzene rings is 2. The summed E-state index contributed by atoms with van der Waals surface area (Å²) in [6, 6.07) is 17.6. The zero-order valence-corrected chi connectivity index (χ0v) is 19.7. The van der Waals surface area contributed by atoms with E-state index in [1.54, 1.807) is 4.57 Å². The number of unbranched alkanes of at least 4 members (excludes halogenated alkanes) is 2. The molecule has 1 saturated heterocycles. The van der Waals surface area contributed by atoms with E-state index in [1.165, 1.54) is 5.56 Å². The van der Waals surface area contributed by atoms with Crippen molar-refractivity contribution in [1.82, 2.24) is 14.5 Å². The van der Waals surface area contributed by atoms with E-state index < -0.39 is 0 Å². The molecule has 0 spiro atoms. The molecule has 0 unspecified atom stereocenters. The first-order valence-corrected chi connectivity index (χ1v) is 12.2. The van der Waals surface area contributed by atoms with Gasteiger partial charge in [-0.25, -0.2) is 0 Å². The maximum atomic E-state index is 12.7. The second kappa shape index (κ2) is 11.4. The van der Waals surface area contributed by atoms with Crippen molar-refractivity contribution in [3.63, 3.8) is 0 Å². The number of fused-ring (bicyclic) bond motifs is 1. The molecule has 1 aromatic heterocycles. The number of aromatic amines is 1. The lowest BCUT2D eigenvalue weighted by Crippen LogP contribution is -2.40. The topological polar surface area (TPSA) is 67.3 Å². The van der Waals surface area contributed by atoms with Crippen LogP contribution in [0.1, 0.15) is 44.1 Å². The molecule has 6 nitrogen and oxygen atoms in total. The zero-order valence-electron chi connectivity index (χ0n) is 18.9. The van der Waals surface area contributed by atoms with Crippen molar-refractivity contribution in [3.8, 4) is 0 Å². The number of rotatable bonds is 9. The number of ether oxygens (including phenoxy) is 1. The number of para-hydroxylation sites is 1. The predicted molar refractivity (Wildman–Crippen MR) is 133 cm³/mol. The molecule has 3 aromatic rings. The van der Waals surface area contributed by atoms with Gasteiger partial charge >= 0.3 is 0 Å². The molecule has 33 heavy (non-hydrogen) atoms. The van der Waals surface area contributed by atoms with Crippen LogP contribution >= 0.6 is 12.2 Å². The minimum Gasteiger partial charge on any atom is -0.373 e. The molecule has 0 aliphatic carbocycles. The van der Waals surface area contributed by atoms with Crippen LogP contribution in [0.25, 0.3) is 10.9 Å². The molecular weight excluding hydrogens is 434 g/mol. The third-order valence-corrected chi connectivity index (χ3v) is 6.61. The number of carbonyl (C=O) groups excluding carboxylic acids is 1. The van der Waals surface area contributed by atoms with Gasteiger partial charge in [-0.3, -0.25) is 14.2 Å². The highest BCUT2D eigenvalue weighted by Crippen LogP contribution is 2.17. The molecule has 174 valence electrons. The number of carbonyl (C=O) groups is 1. The maximum absolute atomic E-state index is 12.7. The van der Waals surface area contributed by atoms with Gasteiger partial charge in [0.1, 0.15) is 0 Å². The third kappa shape index (κ3) is 6.18. The molecule has 1 N–H and O–H groups in total. The van der Waals surface area contributed by atoms with E-state index >= 15 is 0 Å². The Labute approximate surface area is 199 Å². The third-order valence-electron chi connectivity index (χ3n) is 6.28. The molecule has 0 radical (unpaired) electrons. The number of nitrogens with zero attached hydrogens (tertiary/aromatic N) is 2. The maximum Gasteiger partial charge on any atom is 0.262 e. The summed E-state index contributed by atoms with van der Waals surface area (Å²) in [5.41, 5.74) is 1.90. The summed E-state index contributed by atoms with van der Waals surface area (Å²) >= 11 is 5.36. The second-order valence-electron chi connectivity index (χ2n) is 8.62. The fourth-order valence-corrected chi connectivity index (χ4v) is 4.63. The van der Waals surface area contributed by atoms with Crippen LogP contribution < -0.4 is 5.56 Å². The fraction of sp³-hybridized carbons (Fsp3) is 0.423. The molecule has 1 amide bonds. The highest BCUT2D eigenvalue weighted by molar-refractivity contribution is 7.71. The Bertz CT molecular complexity index is 1180. The summed E-state index contributed by atoms with van der Waals surface area (Å²) < 4.78 is 8.10. The van der Waals surface area contributed by atoms with Gasteiger partial charge in [0.25, 0.3) is 5.56 Å². The van der Waals surface area contributed by atoms with Crippen molar-refractivity contribution in [2.45, 2.75) is 57.8 Å². The monoisotopic (exact) mass is 465 g/mol. The number of piperidine rings is 1. The Morgan fingerprint density at radius 2 is 1.73 bits per heavy atom. The predicted octanol–water partition coefficient (Wildman–Crippen LogP) is 4.83. The molecule has 2 aromatic carbocycles. The summed E-state index contributed by atoms with van der Waals surface area (Å²) in [5.74, 6) is 0.219. The Balaban J connectivity index is 1.15. The summed E-state index contributed by atoms with van der Waals surface area (Å²) in [7, 11) is 0. The SMILES string of the molecule is O=C(CCCCCn1c(=S)[nH]c2ccccc2c1=O)N1CCC(OCc2ccccc2)CC1. The van der Waals surface area contributed by atoms with Crippen LogP contribution in [0.2, 0.25) is 0 Å². The van der Waals surface area contributed by atoms with Crippen LogP contribution in [0, 0.1) is 4.77 Å². The van der Waals surface area contributed by atoms with Crippen molar-refractivity contribution >= 4 is 29.0 Å². The lowest BCUT2D eigenvalue weighted by molar-refractivity contribution is -0.134. The van der Waals surface area contributed by atoms with E-state index in [0.717, 1.165) is 50.7 Å². The molecule has 1 fully saturated rings. The number of hydrogen-bond donors (Lipinski definition) is 1. The van der Waals surface area contributed by atoms with Gasteiger partial charge in [0.05, 0.1) is 23.6 Å². The fourth-order valence-electron chi connectivity index (χ4n) is 4.34. The number of hydrogen-bond acceptors (Lipinski definition) is 4. The molecule has 1 aliphatic heterocycles. The van der Waals surface area contributed by atoms with Gasteiger partial charge < -0.3 is 14.6 Å². The zero-order chi connectivity index (χ0) is 23.0. The average Bonchev–Trinajstić information content (AvgIpc) is 2.85. The van der Waals surface area contributed by atoms with E-state index in [-0.39, 0.29) is 17.6 Å². The Kier molecular flexibility index (Phi) is 8.07. The van der Waals surface area contributed by atoms with E-state index in [4.69, 9.17) is 17.0 Å². The highest BCUT2D eigenvalue weighted by Gasteiger charge is 2.22. The largest absolute Gasteiger partial charge is 0.373 e. The average molecular weight is 466 g/mol. The Morgan fingerprint density at radius 3 is 2.52 bits per heavy atom. The van der Waals surface area contributed by atoms with Crippen molar-refractivity contribution in [1.29, 1.82) is 0 Å². The summed E-state index contributed by atoms with van der Waals surface area (Å²) in [5, 5.41) is 0.650. The second-order valence-corrected chi connectivity index (χ2v) is 9.01. The quantitative estimate of drug-likeness (QED) is 0.363. The molecule has 7 heteroatoms. The molecular formula is C26H31N3O3S. The van der Waals surface area contributed by atoms with Crippen LogP contribution in [-0.4, -0.2) is 39.6 Å². The Morgan fingerprint density at radius 1 is 1.00 bits per heavy atom. The van der Waals surface area contributed by atoms with Gasteiger partial charge in [-0.05, 0) is 55.6 Å². The molecule has 4 rings (SSSR count). The van der Waals surface area contributed by atoms with E-state index in [1.807, 2.05) is 47.4 Å². The number of nitrogens with one attached hydrogen (secondary N) is 1. The summed E-state index contributed by atoms with van der Waals surface area (Å²) in [6.07, 6.45) is 5.08. The van der Waals surface area contributed by atoms with Crippen LogP contribution in [0.4, 0.5) is 0 Å². The molecule has 0 atom stereocenters. The van der Waals surface area contributed by atoms with Gasteiger partial charge in [-0.15, -0.1) is 0 Å². The van der Waals surface area contributed by atoms with Gasteiger partial charge in [-0.1, -0.05) is 48.9 Å². The Hall–Kier alpha value is -2.77. The first-order chi connectivity index (χ1) is 16.1. The number of likely N-dealkylation sites (tertiary alicyclic amines) is 1. The van der Waals surface area contributed by atoms with Gasteiger partial charge in [-0.2, -0.15) is 0 Å². The van der Waals surface area contributed by atoms with E-state index in [9.17, 15) is 9.59 Å². The normalized spacial score (nSPS) is 14.6. The van der Waals surface area contributed by atoms with E-state index in [2.05, 4.69) is 17.1 Å². The lowest BCUT2D eigenvalue weighted by atomic mass is 10.1. The van der Waals surface area contributed by atoms with Crippen molar-refractivity contribution < 1.29 is 9.53 Å². The van der Waals surface area contributed by atoms with Crippen molar-refractivity contribution in [2.75, 3.05) is 13.1 Å². The number of H-pyrrole nitrogens is 1. The van der Waals surface area contributed by atoms with Crippen molar-refractivity contribution in [3.05, 3.63) is 75.3 Å². The first kappa shape index (κ1) is 23.4. The first-order valence-electron chi connectivity index (χ1n) is 11.8. The van der Waals surface area contributed by atoms with Crippen LogP contribution in [0.3, 0.4) is 0 Å². The minimum atomic E-state index is -0.0530. The molecule has 0 saturated carbocycles. The molecule has 0 bridgehead atoms. The standard InChI is InChI=1S/C26H31N3O3S/c30-24(28-17-14-21(15-18-28)32-19-20-9-3-1-4-10-20)13-5-2-8-16-29-25(31)22-11-6-7-12-23(22)27-26(29)33/h1,3-4,6-7,9-12,21H,2,5,8,13-19H2,(H,27,33). The molecule has 1 aliphatic rings. The minimum absolute atomic E-state index is 0.0530. The lowest BCUT2D eigenvalue weighted by Gasteiger charge is -2.32. The van der Waals surface area contributed by atoms with Crippen LogP contribution in [-0.2, 0) is 22.7 Å². The van der Waals surface area contributed by atoms with Gasteiger partial charge in [0.2, 0.25) is 5.91 Å². The summed E-state index contributed by atoms with van der Waals surface area (Å²) in [4.78, 5) is 30.4. The smallest absolute Gasteiger partial charge is 0.262 e. The van der Waals surface area contributed by atoms with Gasteiger partial charge in [0.15, 0.2) is 4.77 Å². The van der Waals surface area contributed by atoms with Crippen LogP contribution in [0.15, 0.2) is 59.4 Å². The number of aromatic nitrogens is 2. The van der Waals surface area contributed by atoms with Crippen molar-refractivity contribution in [2.24, 2.45) is 0 Å². The van der Waals surface area contributed by atoms with E-state index in [0.29, 0.717) is 29.7 Å². The molecule has 2 heterocycles. The summed E-state index contributed by atoms with van der Waals surface area (Å²) in [6.45, 7) is 2.72. The number of amides is 1. The van der Waals surface area contributed by atoms with Crippen LogP contribution in [0.5, 0.6) is 0 Å². The van der Waals surface area contributed by atoms with Gasteiger partial charge in [0, 0.05) is 26.1 Å². The highest BCUT2D eigenvalue weighted by atomic mass is 32.1.